The Balaban J connectivity index is 2.63. The summed E-state index contributed by atoms with van der Waals surface area (Å²) in [5.41, 5.74) is 1.06. The second-order valence-electron chi connectivity index (χ2n) is 1.80. The molecule has 1 aromatic rings. The molecule has 4 nitrogen and oxygen atoms in total. The fourth-order valence-corrected chi connectivity index (χ4v) is 0.769. The quantitative estimate of drug-likeness (QED) is 0.489. The topological polar surface area (TPSA) is 51.0 Å². The smallest absolute Gasteiger partial charge is 0.181 e. The van der Waals surface area contributed by atoms with Crippen molar-refractivity contribution in [3.63, 3.8) is 0 Å². The van der Waals surface area contributed by atoms with E-state index in [1.54, 1.807) is 12.4 Å². The van der Waals surface area contributed by atoms with Gasteiger partial charge in [-0.25, -0.2) is 4.99 Å². The Bertz CT molecular complexity index is 255. The molecular weight excluding hydrogens is 116 g/mol. The highest BCUT2D eigenvalue weighted by atomic mass is 15.3. The van der Waals surface area contributed by atoms with Gasteiger partial charge in [-0.1, -0.05) is 0 Å². The zero-order chi connectivity index (χ0) is 6.10. The van der Waals surface area contributed by atoms with Gasteiger partial charge in [0.05, 0.1) is 6.20 Å². The largest absolute Gasteiger partial charge is 0.239 e. The molecule has 0 spiro atoms. The number of nitrogens with zero attached hydrogens (tertiary/aromatic N) is 4. The monoisotopic (exact) mass is 120 g/mol. The zero-order valence-corrected chi connectivity index (χ0v) is 4.65. The lowest BCUT2D eigenvalue weighted by Crippen LogP contribution is -1.87. The number of hydrogen-bond acceptors (Lipinski definition) is 4. The van der Waals surface area contributed by atoms with Crippen molar-refractivity contribution in [3.05, 3.63) is 11.8 Å². The summed E-state index contributed by atoms with van der Waals surface area (Å²) in [6.07, 6.45) is 4.34. The third-order valence-electron chi connectivity index (χ3n) is 1.22. The molecule has 0 N–H and O–H groups in total. The van der Waals surface area contributed by atoms with Crippen LogP contribution in [0.15, 0.2) is 11.2 Å². The molecule has 1 aromatic heterocycles. The first kappa shape index (κ1) is 4.55. The second kappa shape index (κ2) is 1.58. The van der Waals surface area contributed by atoms with E-state index in [1.165, 1.54) is 0 Å². The van der Waals surface area contributed by atoms with Crippen LogP contribution in [-0.2, 0) is 6.42 Å². The molecule has 0 aromatic carbocycles. The van der Waals surface area contributed by atoms with Crippen LogP contribution < -0.4 is 0 Å². The van der Waals surface area contributed by atoms with Gasteiger partial charge in [-0.15, -0.1) is 10.2 Å². The lowest BCUT2D eigenvalue weighted by atomic mass is 10.3. The van der Waals surface area contributed by atoms with Gasteiger partial charge in [-0.3, -0.25) is 0 Å². The summed E-state index contributed by atoms with van der Waals surface area (Å²) in [5.74, 6) is 0.713. The van der Waals surface area contributed by atoms with Crippen molar-refractivity contribution in [2.24, 2.45) is 4.99 Å². The van der Waals surface area contributed by atoms with Gasteiger partial charge in [0.15, 0.2) is 5.82 Å². The fraction of sp³-hybridized carbons (Fsp3) is 0.200. The van der Waals surface area contributed by atoms with Crippen LogP contribution in [-0.4, -0.2) is 21.6 Å². The second-order valence-corrected chi connectivity index (χ2v) is 1.80. The molecule has 0 aliphatic carbocycles. The minimum atomic E-state index is 0.713. The van der Waals surface area contributed by atoms with Crippen LogP contribution >= 0.6 is 0 Å². The van der Waals surface area contributed by atoms with Crippen molar-refractivity contribution >= 4 is 12.0 Å². The van der Waals surface area contributed by atoms with E-state index in [1.807, 2.05) is 0 Å². The standard InChI is InChI=1S/C5H4N4/c1-2-6-5-4(1)3-7-9-8-5/h2-3H,1H2. The van der Waals surface area contributed by atoms with E-state index >= 15 is 0 Å². The molecule has 2 heterocycles. The Morgan fingerprint density at radius 1 is 1.44 bits per heavy atom. The van der Waals surface area contributed by atoms with Crippen molar-refractivity contribution in [2.45, 2.75) is 6.42 Å². The maximum Gasteiger partial charge on any atom is 0.181 e. The summed E-state index contributed by atoms with van der Waals surface area (Å²) in [4.78, 5) is 3.96. The highest BCUT2D eigenvalue weighted by molar-refractivity contribution is 5.72. The average Bonchev–Trinajstić information content (AvgIpc) is 2.33. The highest BCUT2D eigenvalue weighted by Crippen LogP contribution is 2.16. The first-order valence-corrected chi connectivity index (χ1v) is 2.66. The molecule has 0 atom stereocenters. The van der Waals surface area contributed by atoms with Gasteiger partial charge < -0.3 is 0 Å². The number of hydrogen-bond donors (Lipinski definition) is 0. The lowest BCUT2D eigenvalue weighted by Gasteiger charge is -1.87. The maximum absolute atomic E-state index is 3.96. The SMILES string of the molecule is C1=Nc2nnncc2C1. The zero-order valence-electron chi connectivity index (χ0n) is 4.65. The Morgan fingerprint density at radius 3 is 3.33 bits per heavy atom. The highest BCUT2D eigenvalue weighted by Gasteiger charge is 2.05. The van der Waals surface area contributed by atoms with Crippen molar-refractivity contribution in [2.75, 3.05) is 0 Å². The van der Waals surface area contributed by atoms with Gasteiger partial charge in [-0.05, 0) is 5.21 Å². The minimum Gasteiger partial charge on any atom is -0.239 e. The first-order valence-electron chi connectivity index (χ1n) is 2.66. The van der Waals surface area contributed by atoms with Crippen molar-refractivity contribution in [3.8, 4) is 0 Å². The molecular formula is C5H4N4. The van der Waals surface area contributed by atoms with E-state index in [4.69, 9.17) is 0 Å². The third kappa shape index (κ3) is 0.595. The minimum absolute atomic E-state index is 0.713. The van der Waals surface area contributed by atoms with Gasteiger partial charge >= 0.3 is 0 Å². The Hall–Kier alpha value is -1.32. The van der Waals surface area contributed by atoms with Crippen LogP contribution in [0, 0.1) is 0 Å². The summed E-state index contributed by atoms with van der Waals surface area (Å²) in [5, 5.41) is 10.8. The molecule has 0 fully saturated rings. The predicted octanol–water partition coefficient (Wildman–Crippen LogP) is 0.130. The molecule has 2 rings (SSSR count). The molecule has 44 valence electrons. The molecule has 0 saturated carbocycles. The van der Waals surface area contributed by atoms with E-state index in [0.29, 0.717) is 5.82 Å². The number of rotatable bonds is 0. The van der Waals surface area contributed by atoms with Crippen molar-refractivity contribution in [1.29, 1.82) is 0 Å². The Labute approximate surface area is 51.6 Å². The third-order valence-corrected chi connectivity index (χ3v) is 1.22. The van der Waals surface area contributed by atoms with Crippen LogP contribution in [0.3, 0.4) is 0 Å². The van der Waals surface area contributed by atoms with Crippen molar-refractivity contribution < 1.29 is 0 Å². The Kier molecular flexibility index (Phi) is 0.798. The van der Waals surface area contributed by atoms with E-state index in [2.05, 4.69) is 20.4 Å². The molecule has 0 radical (unpaired) electrons. The van der Waals surface area contributed by atoms with Gasteiger partial charge in [0.2, 0.25) is 0 Å². The van der Waals surface area contributed by atoms with Gasteiger partial charge in [0.25, 0.3) is 0 Å². The van der Waals surface area contributed by atoms with Gasteiger partial charge in [0.1, 0.15) is 0 Å². The van der Waals surface area contributed by atoms with E-state index < -0.39 is 0 Å². The summed E-state index contributed by atoms with van der Waals surface area (Å²) < 4.78 is 0. The molecule has 4 heteroatoms. The number of fused-ring (bicyclic) bond motifs is 1. The maximum atomic E-state index is 3.96. The molecule has 0 unspecified atom stereocenters. The lowest BCUT2D eigenvalue weighted by molar-refractivity contribution is 0.857. The molecule has 0 saturated heterocycles. The van der Waals surface area contributed by atoms with Gasteiger partial charge in [-0.2, -0.15) is 0 Å². The van der Waals surface area contributed by atoms with Crippen LogP contribution in [0.1, 0.15) is 5.56 Å². The average molecular weight is 120 g/mol. The molecule has 1 aliphatic rings. The molecule has 9 heavy (non-hydrogen) atoms. The van der Waals surface area contributed by atoms with Crippen LogP contribution in [0.4, 0.5) is 5.82 Å². The van der Waals surface area contributed by atoms with Crippen LogP contribution in [0.2, 0.25) is 0 Å². The molecule has 0 amide bonds. The fourth-order valence-electron chi connectivity index (χ4n) is 0.769. The van der Waals surface area contributed by atoms with E-state index in [-0.39, 0.29) is 0 Å². The molecule has 0 bridgehead atoms. The number of aliphatic imine (C=N–C) groups is 1. The predicted molar refractivity (Wildman–Crippen MR) is 31.7 cm³/mol. The van der Waals surface area contributed by atoms with Gasteiger partial charge in [0, 0.05) is 18.2 Å². The summed E-state index contributed by atoms with van der Waals surface area (Å²) in [6.45, 7) is 0. The normalized spacial score (nSPS) is 13.8. The first-order chi connectivity index (χ1) is 4.47. The van der Waals surface area contributed by atoms with Crippen molar-refractivity contribution in [1.82, 2.24) is 15.4 Å². The van der Waals surface area contributed by atoms with E-state index in [9.17, 15) is 0 Å². The Morgan fingerprint density at radius 2 is 2.44 bits per heavy atom. The summed E-state index contributed by atoms with van der Waals surface area (Å²) in [7, 11) is 0. The van der Waals surface area contributed by atoms with Crippen LogP contribution in [0.5, 0.6) is 0 Å². The van der Waals surface area contributed by atoms with Crippen LogP contribution in [0.25, 0.3) is 0 Å². The summed E-state index contributed by atoms with van der Waals surface area (Å²) in [6, 6.07) is 0. The number of aromatic nitrogens is 3. The molecule has 1 aliphatic heterocycles. The van der Waals surface area contributed by atoms with E-state index in [0.717, 1.165) is 12.0 Å². The summed E-state index contributed by atoms with van der Waals surface area (Å²) >= 11 is 0.